The van der Waals surface area contributed by atoms with Crippen LogP contribution in [-0.2, 0) is 6.54 Å². The van der Waals surface area contributed by atoms with Gasteiger partial charge in [0.15, 0.2) is 0 Å². The Labute approximate surface area is 110 Å². The van der Waals surface area contributed by atoms with Crippen molar-refractivity contribution in [1.82, 2.24) is 4.90 Å². The van der Waals surface area contributed by atoms with E-state index in [2.05, 4.69) is 0 Å². The molecule has 0 unspecified atom stereocenters. The van der Waals surface area contributed by atoms with Crippen LogP contribution in [0.25, 0.3) is 0 Å². The lowest BCUT2D eigenvalue weighted by atomic mass is 10.1. The molecule has 1 aromatic carbocycles. The van der Waals surface area contributed by atoms with E-state index >= 15 is 0 Å². The highest BCUT2D eigenvalue weighted by Gasteiger charge is 2.17. The number of furan rings is 1. The number of nitrogens with zero attached hydrogens (tertiary/aromatic N) is 1. The fraction of sp³-hybridized carbons (Fsp3) is 0.154. The second-order valence-electron chi connectivity index (χ2n) is 3.97. The Kier molecular flexibility index (Phi) is 3.58. The number of anilines is 1. The predicted molar refractivity (Wildman–Crippen MR) is 70.4 cm³/mol. The number of rotatable bonds is 3. The van der Waals surface area contributed by atoms with Gasteiger partial charge in [0.2, 0.25) is 5.22 Å². The fourth-order valence-electron chi connectivity index (χ4n) is 1.66. The van der Waals surface area contributed by atoms with Gasteiger partial charge in [-0.25, -0.2) is 0 Å². The Morgan fingerprint density at radius 2 is 2.11 bits per heavy atom. The van der Waals surface area contributed by atoms with Crippen LogP contribution >= 0.6 is 11.6 Å². The van der Waals surface area contributed by atoms with Gasteiger partial charge in [0.1, 0.15) is 0 Å². The van der Waals surface area contributed by atoms with E-state index in [1.807, 2.05) is 18.2 Å². The largest absolute Gasteiger partial charge is 0.452 e. The van der Waals surface area contributed by atoms with E-state index < -0.39 is 0 Å². The van der Waals surface area contributed by atoms with Crippen LogP contribution in [0.2, 0.25) is 5.22 Å². The molecule has 1 amide bonds. The summed E-state index contributed by atoms with van der Waals surface area (Å²) in [7, 11) is 1.69. The second-order valence-corrected chi connectivity index (χ2v) is 4.31. The standard InChI is InChI=1S/C13H13ClN2O2/c1-16(8-9-4-2-3-5-11(9)15)13(17)10-6-7-18-12(10)14/h2-7H,8,15H2,1H3. The maximum Gasteiger partial charge on any atom is 0.258 e. The zero-order valence-electron chi connectivity index (χ0n) is 9.89. The van der Waals surface area contributed by atoms with Crippen LogP contribution in [-0.4, -0.2) is 17.9 Å². The number of amides is 1. The third kappa shape index (κ3) is 2.49. The van der Waals surface area contributed by atoms with E-state index in [0.717, 1.165) is 5.56 Å². The van der Waals surface area contributed by atoms with Crippen molar-refractivity contribution in [3.05, 3.63) is 52.9 Å². The minimum Gasteiger partial charge on any atom is -0.452 e. The summed E-state index contributed by atoms with van der Waals surface area (Å²) >= 11 is 5.77. The molecule has 0 radical (unpaired) electrons. The van der Waals surface area contributed by atoms with Gasteiger partial charge in [0.25, 0.3) is 5.91 Å². The van der Waals surface area contributed by atoms with Gasteiger partial charge in [-0.1, -0.05) is 18.2 Å². The van der Waals surface area contributed by atoms with Crippen molar-refractivity contribution in [3.63, 3.8) is 0 Å². The number of halogens is 1. The summed E-state index contributed by atoms with van der Waals surface area (Å²) in [5.41, 5.74) is 7.75. The normalized spacial score (nSPS) is 10.3. The Balaban J connectivity index is 2.14. The fourth-order valence-corrected chi connectivity index (χ4v) is 1.85. The number of hydrogen-bond donors (Lipinski definition) is 1. The van der Waals surface area contributed by atoms with Crippen LogP contribution in [0.3, 0.4) is 0 Å². The molecule has 0 bridgehead atoms. The molecule has 1 aromatic heterocycles. The topological polar surface area (TPSA) is 59.5 Å². The van der Waals surface area contributed by atoms with E-state index in [1.165, 1.54) is 6.26 Å². The first kappa shape index (κ1) is 12.5. The monoisotopic (exact) mass is 264 g/mol. The zero-order chi connectivity index (χ0) is 13.1. The Hall–Kier alpha value is -1.94. The average molecular weight is 265 g/mol. The molecule has 0 atom stereocenters. The van der Waals surface area contributed by atoms with E-state index in [1.54, 1.807) is 24.1 Å². The molecule has 1 heterocycles. The van der Waals surface area contributed by atoms with Gasteiger partial charge in [0, 0.05) is 19.3 Å². The Morgan fingerprint density at radius 1 is 1.39 bits per heavy atom. The van der Waals surface area contributed by atoms with Crippen LogP contribution < -0.4 is 5.73 Å². The lowest BCUT2D eigenvalue weighted by Gasteiger charge is -2.17. The number of nitrogens with two attached hydrogens (primary N) is 1. The molecule has 0 fully saturated rings. The maximum absolute atomic E-state index is 12.1. The summed E-state index contributed by atoms with van der Waals surface area (Å²) in [6.07, 6.45) is 1.39. The van der Waals surface area contributed by atoms with Crippen molar-refractivity contribution >= 4 is 23.2 Å². The average Bonchev–Trinajstić information content (AvgIpc) is 2.77. The molecule has 94 valence electrons. The molecule has 0 aliphatic rings. The molecular weight excluding hydrogens is 252 g/mol. The highest BCUT2D eigenvalue weighted by Crippen LogP contribution is 2.20. The maximum atomic E-state index is 12.1. The number of para-hydroxylation sites is 1. The molecule has 0 aliphatic heterocycles. The van der Waals surface area contributed by atoms with Gasteiger partial charge in [-0.15, -0.1) is 0 Å². The third-order valence-corrected chi connectivity index (χ3v) is 2.95. The van der Waals surface area contributed by atoms with Crippen LogP contribution in [0.5, 0.6) is 0 Å². The quantitative estimate of drug-likeness (QED) is 0.867. The summed E-state index contributed by atoms with van der Waals surface area (Å²) < 4.78 is 4.90. The van der Waals surface area contributed by atoms with Crippen LogP contribution in [0, 0.1) is 0 Å². The minimum atomic E-state index is -0.197. The summed E-state index contributed by atoms with van der Waals surface area (Å²) in [6, 6.07) is 8.98. The van der Waals surface area contributed by atoms with Crippen molar-refractivity contribution in [2.75, 3.05) is 12.8 Å². The van der Waals surface area contributed by atoms with Gasteiger partial charge < -0.3 is 15.1 Å². The van der Waals surface area contributed by atoms with Crippen molar-refractivity contribution in [3.8, 4) is 0 Å². The van der Waals surface area contributed by atoms with Crippen molar-refractivity contribution in [1.29, 1.82) is 0 Å². The van der Waals surface area contributed by atoms with Crippen molar-refractivity contribution < 1.29 is 9.21 Å². The van der Waals surface area contributed by atoms with Crippen LogP contribution in [0.1, 0.15) is 15.9 Å². The first-order valence-corrected chi connectivity index (χ1v) is 5.79. The lowest BCUT2D eigenvalue weighted by Crippen LogP contribution is -2.26. The number of nitrogen functional groups attached to an aromatic ring is 1. The number of hydrogen-bond acceptors (Lipinski definition) is 3. The molecular formula is C13H13ClN2O2. The summed E-state index contributed by atoms with van der Waals surface area (Å²) in [4.78, 5) is 13.6. The molecule has 4 nitrogen and oxygen atoms in total. The lowest BCUT2D eigenvalue weighted by molar-refractivity contribution is 0.0785. The summed E-state index contributed by atoms with van der Waals surface area (Å²) in [5, 5.41) is 0.105. The minimum absolute atomic E-state index is 0.105. The molecule has 2 aromatic rings. The molecule has 18 heavy (non-hydrogen) atoms. The first-order valence-electron chi connectivity index (χ1n) is 5.41. The number of benzene rings is 1. The Bertz CT molecular complexity index is 566. The van der Waals surface area contributed by atoms with Crippen molar-refractivity contribution in [2.24, 2.45) is 0 Å². The van der Waals surface area contributed by atoms with Gasteiger partial charge in [-0.05, 0) is 29.3 Å². The molecule has 0 spiro atoms. The van der Waals surface area contributed by atoms with Crippen LogP contribution in [0.15, 0.2) is 41.0 Å². The van der Waals surface area contributed by atoms with Gasteiger partial charge >= 0.3 is 0 Å². The van der Waals surface area contributed by atoms with Crippen LogP contribution in [0.4, 0.5) is 5.69 Å². The van der Waals surface area contributed by atoms with E-state index in [0.29, 0.717) is 17.8 Å². The van der Waals surface area contributed by atoms with Gasteiger partial charge in [-0.2, -0.15) is 0 Å². The summed E-state index contributed by atoms with van der Waals surface area (Å²) in [6.45, 7) is 0.424. The highest BCUT2D eigenvalue weighted by molar-refractivity contribution is 6.32. The van der Waals surface area contributed by atoms with Crippen molar-refractivity contribution in [2.45, 2.75) is 6.54 Å². The van der Waals surface area contributed by atoms with Gasteiger partial charge in [-0.3, -0.25) is 4.79 Å². The van der Waals surface area contributed by atoms with Gasteiger partial charge in [0.05, 0.1) is 11.8 Å². The number of carbonyl (C=O) groups excluding carboxylic acids is 1. The third-order valence-electron chi connectivity index (χ3n) is 2.66. The predicted octanol–water partition coefficient (Wildman–Crippen LogP) is 2.79. The summed E-state index contributed by atoms with van der Waals surface area (Å²) in [5.74, 6) is -0.197. The van der Waals surface area contributed by atoms with E-state index in [9.17, 15) is 4.79 Å². The first-order chi connectivity index (χ1) is 8.59. The SMILES string of the molecule is CN(Cc1ccccc1N)C(=O)c1ccoc1Cl. The highest BCUT2D eigenvalue weighted by atomic mass is 35.5. The molecule has 5 heteroatoms. The van der Waals surface area contributed by atoms with E-state index in [4.69, 9.17) is 21.8 Å². The van der Waals surface area contributed by atoms with E-state index in [-0.39, 0.29) is 11.1 Å². The molecule has 0 saturated carbocycles. The Morgan fingerprint density at radius 3 is 2.72 bits per heavy atom. The smallest absolute Gasteiger partial charge is 0.258 e. The molecule has 2 N–H and O–H groups in total. The second kappa shape index (κ2) is 5.14. The molecule has 2 rings (SSSR count). The zero-order valence-corrected chi connectivity index (χ0v) is 10.6. The molecule has 0 saturated heterocycles. The molecule has 0 aliphatic carbocycles. The number of carbonyl (C=O) groups is 1.